The molecule has 0 saturated carbocycles. The Morgan fingerprint density at radius 1 is 1.35 bits per heavy atom. The molecular formula is C13H17NO3. The predicted molar refractivity (Wildman–Crippen MR) is 64.5 cm³/mol. The fraction of sp³-hybridized carbons (Fsp3) is 0.385. The first-order chi connectivity index (χ1) is 8.22. The Labute approximate surface area is 101 Å². The first-order valence-corrected chi connectivity index (χ1v) is 5.47. The van der Waals surface area contributed by atoms with Gasteiger partial charge in [-0.3, -0.25) is 4.90 Å². The van der Waals surface area contributed by atoms with Gasteiger partial charge in [-0.25, -0.2) is 0 Å². The van der Waals surface area contributed by atoms with Gasteiger partial charge in [-0.15, -0.1) is 0 Å². The van der Waals surface area contributed by atoms with Gasteiger partial charge in [0.2, 0.25) is 6.79 Å². The quantitative estimate of drug-likeness (QED) is 0.800. The molecule has 0 aromatic heterocycles. The summed E-state index contributed by atoms with van der Waals surface area (Å²) in [6.45, 7) is 0.295. The van der Waals surface area contributed by atoms with Crippen molar-refractivity contribution in [3.8, 4) is 5.75 Å². The largest absolute Gasteiger partial charge is 0.497 e. The molecule has 17 heavy (non-hydrogen) atoms. The maximum Gasteiger partial charge on any atom is 0.229 e. The van der Waals surface area contributed by atoms with Crippen molar-refractivity contribution in [1.29, 1.82) is 0 Å². The van der Waals surface area contributed by atoms with Crippen LogP contribution in [-0.4, -0.2) is 32.9 Å². The second-order valence-electron chi connectivity index (χ2n) is 4.09. The minimum Gasteiger partial charge on any atom is -0.497 e. The SMILES string of the molecule is COc1cccc(C(C2=COCO2)N(C)C)c1. The molecule has 1 aliphatic rings. The van der Waals surface area contributed by atoms with Gasteiger partial charge in [-0.05, 0) is 31.8 Å². The summed E-state index contributed by atoms with van der Waals surface area (Å²) in [4.78, 5) is 2.08. The summed E-state index contributed by atoms with van der Waals surface area (Å²) in [5, 5.41) is 0. The van der Waals surface area contributed by atoms with Crippen LogP contribution in [0.1, 0.15) is 11.6 Å². The van der Waals surface area contributed by atoms with E-state index in [9.17, 15) is 0 Å². The fourth-order valence-corrected chi connectivity index (χ4v) is 1.92. The lowest BCUT2D eigenvalue weighted by Gasteiger charge is -2.24. The average molecular weight is 235 g/mol. The third kappa shape index (κ3) is 2.53. The van der Waals surface area contributed by atoms with Gasteiger partial charge < -0.3 is 14.2 Å². The van der Waals surface area contributed by atoms with E-state index in [0.29, 0.717) is 6.79 Å². The van der Waals surface area contributed by atoms with Crippen LogP contribution in [0.25, 0.3) is 0 Å². The third-order valence-corrected chi connectivity index (χ3v) is 2.69. The minimum atomic E-state index is 0.0487. The van der Waals surface area contributed by atoms with Gasteiger partial charge in [-0.1, -0.05) is 12.1 Å². The second kappa shape index (κ2) is 5.10. The summed E-state index contributed by atoms with van der Waals surface area (Å²) in [6, 6.07) is 8.01. The Morgan fingerprint density at radius 3 is 2.76 bits per heavy atom. The van der Waals surface area contributed by atoms with Crippen molar-refractivity contribution in [1.82, 2.24) is 4.90 Å². The molecule has 0 N–H and O–H groups in total. The lowest BCUT2D eigenvalue weighted by atomic mass is 10.0. The van der Waals surface area contributed by atoms with E-state index in [-0.39, 0.29) is 6.04 Å². The lowest BCUT2D eigenvalue weighted by molar-refractivity contribution is 0.0654. The van der Waals surface area contributed by atoms with E-state index in [0.717, 1.165) is 17.1 Å². The number of ether oxygens (including phenoxy) is 3. The highest BCUT2D eigenvalue weighted by Gasteiger charge is 2.24. The van der Waals surface area contributed by atoms with Crippen molar-refractivity contribution in [3.05, 3.63) is 41.9 Å². The van der Waals surface area contributed by atoms with Gasteiger partial charge in [0.1, 0.15) is 12.0 Å². The van der Waals surface area contributed by atoms with Crippen LogP contribution in [0.2, 0.25) is 0 Å². The monoisotopic (exact) mass is 235 g/mol. The maximum atomic E-state index is 5.46. The van der Waals surface area contributed by atoms with E-state index in [1.54, 1.807) is 13.4 Å². The molecule has 1 aliphatic heterocycles. The van der Waals surface area contributed by atoms with Crippen LogP contribution in [0.5, 0.6) is 5.75 Å². The Hall–Kier alpha value is -1.68. The Morgan fingerprint density at radius 2 is 2.18 bits per heavy atom. The topological polar surface area (TPSA) is 30.9 Å². The molecule has 1 heterocycles. The van der Waals surface area contributed by atoms with E-state index < -0.39 is 0 Å². The van der Waals surface area contributed by atoms with Gasteiger partial charge in [0.05, 0.1) is 13.2 Å². The highest BCUT2D eigenvalue weighted by atomic mass is 16.7. The molecule has 4 heteroatoms. The third-order valence-electron chi connectivity index (χ3n) is 2.69. The molecule has 0 amide bonds. The molecule has 1 unspecified atom stereocenters. The Kier molecular flexibility index (Phi) is 3.54. The van der Waals surface area contributed by atoms with Crippen molar-refractivity contribution in [2.24, 2.45) is 0 Å². The summed E-state index contributed by atoms with van der Waals surface area (Å²) in [5.74, 6) is 1.66. The molecule has 4 nitrogen and oxygen atoms in total. The van der Waals surface area contributed by atoms with Gasteiger partial charge in [0, 0.05) is 0 Å². The minimum absolute atomic E-state index is 0.0487. The zero-order valence-corrected chi connectivity index (χ0v) is 10.3. The van der Waals surface area contributed by atoms with Crippen LogP contribution < -0.4 is 4.74 Å². The van der Waals surface area contributed by atoms with E-state index in [1.165, 1.54) is 0 Å². The Balaban J connectivity index is 2.31. The number of nitrogens with zero attached hydrogens (tertiary/aromatic N) is 1. The second-order valence-corrected chi connectivity index (χ2v) is 4.09. The fourth-order valence-electron chi connectivity index (χ4n) is 1.92. The van der Waals surface area contributed by atoms with Crippen LogP contribution in [0, 0.1) is 0 Å². The van der Waals surface area contributed by atoms with Crippen molar-refractivity contribution >= 4 is 0 Å². The molecule has 0 bridgehead atoms. The van der Waals surface area contributed by atoms with Gasteiger partial charge in [0.25, 0.3) is 0 Å². The molecule has 92 valence electrons. The average Bonchev–Trinajstić information content (AvgIpc) is 2.83. The molecule has 0 fully saturated rings. The van der Waals surface area contributed by atoms with Crippen LogP contribution >= 0.6 is 0 Å². The van der Waals surface area contributed by atoms with Gasteiger partial charge in [0.15, 0.2) is 5.76 Å². The number of likely N-dealkylation sites (N-methyl/N-ethyl adjacent to an activating group) is 1. The van der Waals surface area contributed by atoms with Crippen LogP contribution in [0.3, 0.4) is 0 Å². The highest BCUT2D eigenvalue weighted by molar-refractivity contribution is 5.33. The maximum absolute atomic E-state index is 5.46. The number of benzene rings is 1. The molecular weight excluding hydrogens is 218 g/mol. The van der Waals surface area contributed by atoms with E-state index in [1.807, 2.05) is 32.3 Å². The van der Waals surface area contributed by atoms with E-state index in [2.05, 4.69) is 11.0 Å². The summed E-state index contributed by atoms with van der Waals surface area (Å²) in [5.41, 5.74) is 1.12. The molecule has 1 atom stereocenters. The predicted octanol–water partition coefficient (Wildman–Crippen LogP) is 2.14. The number of rotatable bonds is 4. The first kappa shape index (κ1) is 11.8. The van der Waals surface area contributed by atoms with Crippen molar-refractivity contribution in [2.45, 2.75) is 6.04 Å². The van der Waals surface area contributed by atoms with Crippen molar-refractivity contribution in [3.63, 3.8) is 0 Å². The summed E-state index contributed by atoms with van der Waals surface area (Å²) in [7, 11) is 5.68. The normalized spacial score (nSPS) is 16.1. The molecule has 2 rings (SSSR count). The number of methoxy groups -OCH3 is 1. The van der Waals surface area contributed by atoms with E-state index in [4.69, 9.17) is 14.2 Å². The molecule has 1 aromatic carbocycles. The van der Waals surface area contributed by atoms with Crippen molar-refractivity contribution < 1.29 is 14.2 Å². The molecule has 0 aliphatic carbocycles. The number of hydrogen-bond donors (Lipinski definition) is 0. The van der Waals surface area contributed by atoms with Gasteiger partial charge in [-0.2, -0.15) is 0 Å². The van der Waals surface area contributed by atoms with Crippen LogP contribution in [0.15, 0.2) is 36.3 Å². The zero-order valence-electron chi connectivity index (χ0n) is 10.3. The zero-order chi connectivity index (χ0) is 12.3. The van der Waals surface area contributed by atoms with E-state index >= 15 is 0 Å². The summed E-state index contributed by atoms with van der Waals surface area (Å²) >= 11 is 0. The van der Waals surface area contributed by atoms with Crippen molar-refractivity contribution in [2.75, 3.05) is 28.0 Å². The summed E-state index contributed by atoms with van der Waals surface area (Å²) in [6.07, 6.45) is 1.67. The smallest absolute Gasteiger partial charge is 0.229 e. The van der Waals surface area contributed by atoms with Crippen LogP contribution in [-0.2, 0) is 9.47 Å². The molecule has 0 radical (unpaired) electrons. The molecule has 0 spiro atoms. The molecule has 0 saturated heterocycles. The molecule has 1 aromatic rings. The van der Waals surface area contributed by atoms with Crippen LogP contribution in [0.4, 0.5) is 0 Å². The number of hydrogen-bond acceptors (Lipinski definition) is 4. The van der Waals surface area contributed by atoms with Gasteiger partial charge >= 0.3 is 0 Å². The lowest BCUT2D eigenvalue weighted by Crippen LogP contribution is -2.22. The summed E-state index contributed by atoms with van der Waals surface area (Å²) < 4.78 is 15.8. The Bertz CT molecular complexity index is 415. The first-order valence-electron chi connectivity index (χ1n) is 5.47. The standard InChI is InChI=1S/C13H17NO3/c1-14(2)13(12-8-16-9-17-12)10-5-4-6-11(7-10)15-3/h4-8,13H,9H2,1-3H3. The highest BCUT2D eigenvalue weighted by Crippen LogP contribution is 2.31.